The van der Waals surface area contributed by atoms with Crippen molar-refractivity contribution in [2.45, 2.75) is 40.5 Å². The molecule has 0 aliphatic rings. The first-order valence-corrected chi connectivity index (χ1v) is 8.80. The van der Waals surface area contributed by atoms with Gasteiger partial charge in [0.2, 0.25) is 0 Å². The lowest BCUT2D eigenvalue weighted by atomic mass is 9.95. The Balaban J connectivity index is 2.34. The standard InChI is InChI=1S/C21H24N2O2/c1-12(2)9-14-7-8-22-19-16(14)5-6-17-15(10-13(3)4)11-18(21(24)25)23-20(17)19/h5-8,11-13H,9-10H2,1-4H3,(H,24,25). The minimum absolute atomic E-state index is 0.0895. The van der Waals surface area contributed by atoms with Crippen molar-refractivity contribution in [1.82, 2.24) is 9.97 Å². The molecule has 4 heteroatoms. The zero-order chi connectivity index (χ0) is 18.1. The first-order chi connectivity index (χ1) is 11.9. The van der Waals surface area contributed by atoms with Crippen LogP contribution in [-0.2, 0) is 12.8 Å². The lowest BCUT2D eigenvalue weighted by Gasteiger charge is -2.13. The molecular formula is C21H24N2O2. The van der Waals surface area contributed by atoms with E-state index < -0.39 is 5.97 Å². The van der Waals surface area contributed by atoms with Gasteiger partial charge in [-0.3, -0.25) is 4.98 Å². The van der Waals surface area contributed by atoms with E-state index >= 15 is 0 Å². The predicted molar refractivity (Wildman–Crippen MR) is 101 cm³/mol. The smallest absolute Gasteiger partial charge is 0.354 e. The molecule has 2 heterocycles. The van der Waals surface area contributed by atoms with E-state index in [0.29, 0.717) is 17.4 Å². The van der Waals surface area contributed by atoms with Crippen LogP contribution in [0.25, 0.3) is 21.8 Å². The number of pyridine rings is 2. The first-order valence-electron chi connectivity index (χ1n) is 8.80. The lowest BCUT2D eigenvalue weighted by Crippen LogP contribution is -2.05. The van der Waals surface area contributed by atoms with Crippen molar-refractivity contribution >= 4 is 27.8 Å². The van der Waals surface area contributed by atoms with Crippen LogP contribution in [0.1, 0.15) is 49.3 Å². The predicted octanol–water partition coefficient (Wildman–Crippen LogP) is 4.88. The molecule has 0 aliphatic heterocycles. The van der Waals surface area contributed by atoms with Crippen LogP contribution in [0.15, 0.2) is 30.5 Å². The van der Waals surface area contributed by atoms with E-state index in [1.54, 1.807) is 12.3 Å². The minimum Gasteiger partial charge on any atom is -0.477 e. The Hall–Kier alpha value is -2.49. The number of aromatic carboxylic acids is 1. The molecule has 0 amide bonds. The number of benzene rings is 1. The first kappa shape index (κ1) is 17.3. The van der Waals surface area contributed by atoms with E-state index in [9.17, 15) is 9.90 Å². The maximum absolute atomic E-state index is 11.5. The van der Waals surface area contributed by atoms with Gasteiger partial charge in [-0.25, -0.2) is 9.78 Å². The lowest BCUT2D eigenvalue weighted by molar-refractivity contribution is 0.0691. The molecule has 0 radical (unpaired) electrons. The summed E-state index contributed by atoms with van der Waals surface area (Å²) < 4.78 is 0. The Morgan fingerprint density at radius 3 is 2.16 bits per heavy atom. The molecule has 0 saturated heterocycles. The number of fused-ring (bicyclic) bond motifs is 3. The fourth-order valence-electron chi connectivity index (χ4n) is 3.36. The highest BCUT2D eigenvalue weighted by Gasteiger charge is 2.15. The van der Waals surface area contributed by atoms with Gasteiger partial charge < -0.3 is 5.11 Å². The van der Waals surface area contributed by atoms with Crippen LogP contribution < -0.4 is 0 Å². The van der Waals surface area contributed by atoms with Crippen molar-refractivity contribution < 1.29 is 9.90 Å². The van der Waals surface area contributed by atoms with Crippen LogP contribution in [0.3, 0.4) is 0 Å². The van der Waals surface area contributed by atoms with Crippen LogP contribution in [0.2, 0.25) is 0 Å². The molecule has 0 atom stereocenters. The van der Waals surface area contributed by atoms with Gasteiger partial charge in [0.05, 0.1) is 11.0 Å². The van der Waals surface area contributed by atoms with Gasteiger partial charge in [-0.2, -0.15) is 0 Å². The second-order valence-corrected chi connectivity index (χ2v) is 7.50. The average molecular weight is 336 g/mol. The summed E-state index contributed by atoms with van der Waals surface area (Å²) in [5.41, 5.74) is 3.83. The Bertz CT molecular complexity index is 945. The van der Waals surface area contributed by atoms with Crippen molar-refractivity contribution in [3.8, 4) is 0 Å². The van der Waals surface area contributed by atoms with Crippen LogP contribution in [-0.4, -0.2) is 21.0 Å². The third kappa shape index (κ3) is 3.48. The quantitative estimate of drug-likeness (QED) is 0.675. The Kier molecular flexibility index (Phi) is 4.71. The van der Waals surface area contributed by atoms with Crippen molar-refractivity contribution in [2.24, 2.45) is 11.8 Å². The summed E-state index contributed by atoms with van der Waals surface area (Å²) in [4.78, 5) is 20.5. The zero-order valence-corrected chi connectivity index (χ0v) is 15.2. The molecule has 2 aromatic heterocycles. The van der Waals surface area contributed by atoms with E-state index in [4.69, 9.17) is 0 Å². The summed E-state index contributed by atoms with van der Waals surface area (Å²) >= 11 is 0. The molecule has 0 aliphatic carbocycles. The molecule has 3 aromatic rings. The zero-order valence-electron chi connectivity index (χ0n) is 15.2. The molecule has 4 nitrogen and oxygen atoms in total. The Morgan fingerprint density at radius 1 is 0.960 bits per heavy atom. The molecule has 0 spiro atoms. The molecule has 0 saturated carbocycles. The molecule has 3 rings (SSSR count). The largest absolute Gasteiger partial charge is 0.477 e. The molecule has 1 aromatic carbocycles. The second kappa shape index (κ2) is 6.79. The van der Waals surface area contributed by atoms with Crippen molar-refractivity contribution in [2.75, 3.05) is 0 Å². The number of rotatable bonds is 5. The SMILES string of the molecule is CC(C)Cc1ccnc2c1ccc1c(CC(C)C)cc(C(=O)O)nc12. The molecule has 25 heavy (non-hydrogen) atoms. The summed E-state index contributed by atoms with van der Waals surface area (Å²) in [5, 5.41) is 11.5. The highest BCUT2D eigenvalue weighted by Crippen LogP contribution is 2.29. The molecular weight excluding hydrogens is 312 g/mol. The van der Waals surface area contributed by atoms with Crippen LogP contribution in [0, 0.1) is 11.8 Å². The van der Waals surface area contributed by atoms with Crippen molar-refractivity contribution in [3.05, 3.63) is 47.3 Å². The van der Waals surface area contributed by atoms with Gasteiger partial charge in [-0.05, 0) is 47.9 Å². The average Bonchev–Trinajstić information content (AvgIpc) is 2.53. The monoisotopic (exact) mass is 336 g/mol. The number of hydrogen-bond acceptors (Lipinski definition) is 3. The number of carboxylic acid groups (broad SMARTS) is 1. The summed E-state index contributed by atoms with van der Waals surface area (Å²) in [6.07, 6.45) is 3.58. The van der Waals surface area contributed by atoms with E-state index in [0.717, 1.165) is 34.7 Å². The van der Waals surface area contributed by atoms with Crippen LogP contribution >= 0.6 is 0 Å². The highest BCUT2D eigenvalue weighted by atomic mass is 16.4. The van der Waals surface area contributed by atoms with Crippen molar-refractivity contribution in [1.29, 1.82) is 0 Å². The maximum Gasteiger partial charge on any atom is 0.354 e. The Morgan fingerprint density at radius 2 is 1.56 bits per heavy atom. The van der Waals surface area contributed by atoms with Crippen LogP contribution in [0.5, 0.6) is 0 Å². The summed E-state index contributed by atoms with van der Waals surface area (Å²) in [7, 11) is 0. The van der Waals surface area contributed by atoms with Crippen molar-refractivity contribution in [3.63, 3.8) is 0 Å². The maximum atomic E-state index is 11.5. The van der Waals surface area contributed by atoms with E-state index in [2.05, 4.69) is 49.8 Å². The third-order valence-electron chi connectivity index (χ3n) is 4.34. The van der Waals surface area contributed by atoms with Gasteiger partial charge in [-0.1, -0.05) is 39.8 Å². The molecule has 0 fully saturated rings. The highest BCUT2D eigenvalue weighted by molar-refractivity contribution is 6.06. The van der Waals surface area contributed by atoms with Gasteiger partial charge in [0.25, 0.3) is 0 Å². The van der Waals surface area contributed by atoms with Gasteiger partial charge in [0, 0.05) is 17.0 Å². The summed E-state index contributed by atoms with van der Waals surface area (Å²) in [5.74, 6) is -0.0264. The molecule has 0 unspecified atom stereocenters. The number of aromatic nitrogens is 2. The van der Waals surface area contributed by atoms with E-state index in [1.165, 1.54) is 5.56 Å². The van der Waals surface area contributed by atoms with Gasteiger partial charge in [0.15, 0.2) is 0 Å². The molecule has 1 N–H and O–H groups in total. The Labute approximate surface area is 147 Å². The van der Waals surface area contributed by atoms with Gasteiger partial charge in [-0.15, -0.1) is 0 Å². The van der Waals surface area contributed by atoms with E-state index in [-0.39, 0.29) is 5.69 Å². The normalized spacial score (nSPS) is 11.8. The topological polar surface area (TPSA) is 63.1 Å². The minimum atomic E-state index is -0.998. The van der Waals surface area contributed by atoms with E-state index in [1.807, 2.05) is 6.07 Å². The number of hydrogen-bond donors (Lipinski definition) is 1. The van der Waals surface area contributed by atoms with Crippen LogP contribution in [0.4, 0.5) is 0 Å². The second-order valence-electron chi connectivity index (χ2n) is 7.50. The molecule has 130 valence electrons. The van der Waals surface area contributed by atoms with Gasteiger partial charge >= 0.3 is 5.97 Å². The summed E-state index contributed by atoms with van der Waals surface area (Å²) in [6.45, 7) is 8.64. The summed E-state index contributed by atoms with van der Waals surface area (Å²) in [6, 6.07) is 7.92. The number of carboxylic acids is 1. The van der Waals surface area contributed by atoms with Gasteiger partial charge in [0.1, 0.15) is 5.69 Å². The third-order valence-corrected chi connectivity index (χ3v) is 4.34. The fourth-order valence-corrected chi connectivity index (χ4v) is 3.36. The fraction of sp³-hybridized carbons (Fsp3) is 0.381. The number of carbonyl (C=O) groups is 1. The molecule has 0 bridgehead atoms. The number of nitrogens with zero attached hydrogens (tertiary/aromatic N) is 2.